The van der Waals surface area contributed by atoms with E-state index in [1.807, 2.05) is 6.20 Å². The van der Waals surface area contributed by atoms with Crippen LogP contribution in [0.3, 0.4) is 0 Å². The lowest BCUT2D eigenvalue weighted by molar-refractivity contribution is 1.02. The monoisotopic (exact) mass is 135 g/mol. The molecule has 1 rings (SSSR count). The number of pyridine rings is 1. The summed E-state index contributed by atoms with van der Waals surface area (Å²) in [5.74, 6) is 0. The number of aryl methyl sites for hydroxylation is 3. The summed E-state index contributed by atoms with van der Waals surface area (Å²) < 4.78 is 0. The first kappa shape index (κ1) is 7.26. The van der Waals surface area contributed by atoms with Gasteiger partial charge in [-0.15, -0.1) is 0 Å². The first-order chi connectivity index (χ1) is 4.74. The second-order valence-electron chi connectivity index (χ2n) is 2.61. The van der Waals surface area contributed by atoms with Crippen LogP contribution in [0.15, 0.2) is 12.3 Å². The highest BCUT2D eigenvalue weighted by atomic mass is 14.7. The Bertz CT molecular complexity index is 228. The second-order valence-corrected chi connectivity index (χ2v) is 2.61. The number of nitrogens with zero attached hydrogens (tertiary/aromatic N) is 1. The highest BCUT2D eigenvalue weighted by Gasteiger charge is 1.93. The van der Waals surface area contributed by atoms with Crippen LogP contribution in [0.4, 0.5) is 0 Å². The van der Waals surface area contributed by atoms with Gasteiger partial charge in [-0.05, 0) is 37.5 Å². The lowest BCUT2D eigenvalue weighted by Crippen LogP contribution is -1.89. The molecule has 1 heteroatoms. The quantitative estimate of drug-likeness (QED) is 0.575. The fourth-order valence-corrected chi connectivity index (χ4v) is 0.876. The van der Waals surface area contributed by atoms with Gasteiger partial charge in [0.25, 0.3) is 0 Å². The summed E-state index contributed by atoms with van der Waals surface area (Å²) in [6.45, 7) is 6.33. The molecule has 0 unspecified atom stereocenters. The number of aromatic nitrogens is 1. The number of hydrogen-bond acceptors (Lipinski definition) is 1. The molecule has 1 aromatic rings. The standard InChI is InChI=1S/C9H13N/c1-4-9-5-7(2)8(3)6-10-9/h5-6H,4H2,1-3H3. The summed E-state index contributed by atoms with van der Waals surface area (Å²) in [6.07, 6.45) is 2.97. The molecule has 0 N–H and O–H groups in total. The van der Waals surface area contributed by atoms with Gasteiger partial charge in [0, 0.05) is 11.9 Å². The molecule has 0 saturated carbocycles. The van der Waals surface area contributed by atoms with Crippen LogP contribution in [0.25, 0.3) is 0 Å². The largest absolute Gasteiger partial charge is 0.261 e. The summed E-state index contributed by atoms with van der Waals surface area (Å²) in [5, 5.41) is 0. The second kappa shape index (κ2) is 2.82. The highest BCUT2D eigenvalue weighted by Crippen LogP contribution is 2.06. The van der Waals surface area contributed by atoms with E-state index in [1.54, 1.807) is 0 Å². The molecule has 54 valence electrons. The van der Waals surface area contributed by atoms with Gasteiger partial charge in [0.2, 0.25) is 0 Å². The predicted octanol–water partition coefficient (Wildman–Crippen LogP) is 2.26. The summed E-state index contributed by atoms with van der Waals surface area (Å²) >= 11 is 0. The minimum atomic E-state index is 1.03. The first-order valence-corrected chi connectivity index (χ1v) is 3.66. The van der Waals surface area contributed by atoms with Crippen LogP contribution in [0.5, 0.6) is 0 Å². The van der Waals surface area contributed by atoms with Crippen molar-refractivity contribution in [2.24, 2.45) is 0 Å². The molecule has 0 aliphatic carbocycles. The molecule has 1 aromatic heterocycles. The van der Waals surface area contributed by atoms with Crippen LogP contribution in [0.2, 0.25) is 0 Å². The molecule has 0 radical (unpaired) electrons. The molecular weight excluding hydrogens is 122 g/mol. The zero-order valence-corrected chi connectivity index (χ0v) is 6.81. The Morgan fingerprint density at radius 2 is 2.00 bits per heavy atom. The average molecular weight is 135 g/mol. The van der Waals surface area contributed by atoms with Crippen LogP contribution in [-0.2, 0) is 6.42 Å². The molecular formula is C9H13N. The predicted molar refractivity (Wildman–Crippen MR) is 43.1 cm³/mol. The van der Waals surface area contributed by atoms with Gasteiger partial charge in [-0.25, -0.2) is 0 Å². The van der Waals surface area contributed by atoms with Crippen molar-refractivity contribution in [3.63, 3.8) is 0 Å². The summed E-state index contributed by atoms with van der Waals surface area (Å²) in [7, 11) is 0. The van der Waals surface area contributed by atoms with E-state index in [9.17, 15) is 0 Å². The minimum Gasteiger partial charge on any atom is -0.261 e. The van der Waals surface area contributed by atoms with Crippen molar-refractivity contribution < 1.29 is 0 Å². The molecule has 0 amide bonds. The third kappa shape index (κ3) is 1.35. The molecule has 1 heterocycles. The maximum atomic E-state index is 4.26. The molecule has 0 spiro atoms. The summed E-state index contributed by atoms with van der Waals surface area (Å²) in [4.78, 5) is 4.26. The lowest BCUT2D eigenvalue weighted by Gasteiger charge is -2.00. The summed E-state index contributed by atoms with van der Waals surface area (Å²) in [5.41, 5.74) is 3.80. The zero-order chi connectivity index (χ0) is 7.56. The van der Waals surface area contributed by atoms with E-state index in [1.165, 1.54) is 16.8 Å². The lowest BCUT2D eigenvalue weighted by atomic mass is 10.1. The van der Waals surface area contributed by atoms with Gasteiger partial charge in [-0.3, -0.25) is 4.98 Å². The van der Waals surface area contributed by atoms with Gasteiger partial charge < -0.3 is 0 Å². The fourth-order valence-electron chi connectivity index (χ4n) is 0.876. The zero-order valence-electron chi connectivity index (χ0n) is 6.81. The van der Waals surface area contributed by atoms with Gasteiger partial charge in [0.05, 0.1) is 0 Å². The third-order valence-electron chi connectivity index (χ3n) is 1.79. The number of hydrogen-bond donors (Lipinski definition) is 0. The van der Waals surface area contributed by atoms with Crippen molar-refractivity contribution in [1.82, 2.24) is 4.98 Å². The highest BCUT2D eigenvalue weighted by molar-refractivity contribution is 5.23. The molecule has 0 fully saturated rings. The Morgan fingerprint density at radius 1 is 1.30 bits per heavy atom. The van der Waals surface area contributed by atoms with E-state index >= 15 is 0 Å². The number of rotatable bonds is 1. The Balaban J connectivity index is 3.04. The topological polar surface area (TPSA) is 12.9 Å². The Labute approximate surface area is 62.1 Å². The van der Waals surface area contributed by atoms with Gasteiger partial charge in [0.15, 0.2) is 0 Å². The summed E-state index contributed by atoms with van der Waals surface area (Å²) in [6, 6.07) is 2.15. The third-order valence-corrected chi connectivity index (χ3v) is 1.79. The van der Waals surface area contributed by atoms with Gasteiger partial charge >= 0.3 is 0 Å². The van der Waals surface area contributed by atoms with Crippen LogP contribution >= 0.6 is 0 Å². The van der Waals surface area contributed by atoms with E-state index in [4.69, 9.17) is 0 Å². The van der Waals surface area contributed by atoms with Gasteiger partial charge in [-0.2, -0.15) is 0 Å². The van der Waals surface area contributed by atoms with Crippen LogP contribution < -0.4 is 0 Å². The van der Waals surface area contributed by atoms with Gasteiger partial charge in [0.1, 0.15) is 0 Å². The van der Waals surface area contributed by atoms with Crippen molar-refractivity contribution in [3.8, 4) is 0 Å². The SMILES string of the molecule is CCc1cc(C)c(C)cn1. The van der Waals surface area contributed by atoms with Crippen molar-refractivity contribution in [2.75, 3.05) is 0 Å². The molecule has 0 aliphatic rings. The molecule has 0 aliphatic heterocycles. The van der Waals surface area contributed by atoms with Crippen LogP contribution in [-0.4, -0.2) is 4.98 Å². The van der Waals surface area contributed by atoms with Crippen molar-refractivity contribution in [2.45, 2.75) is 27.2 Å². The van der Waals surface area contributed by atoms with E-state index in [0.29, 0.717) is 0 Å². The maximum Gasteiger partial charge on any atom is 0.0403 e. The van der Waals surface area contributed by atoms with Crippen LogP contribution in [0, 0.1) is 13.8 Å². The van der Waals surface area contributed by atoms with Crippen molar-refractivity contribution >= 4 is 0 Å². The Morgan fingerprint density at radius 3 is 2.50 bits per heavy atom. The average Bonchev–Trinajstić information content (AvgIpc) is 1.95. The first-order valence-electron chi connectivity index (χ1n) is 3.66. The molecule has 0 saturated heterocycles. The Kier molecular flexibility index (Phi) is 2.05. The van der Waals surface area contributed by atoms with E-state index < -0.39 is 0 Å². The normalized spacial score (nSPS) is 9.90. The Hall–Kier alpha value is -0.850. The smallest absolute Gasteiger partial charge is 0.0403 e. The van der Waals surface area contributed by atoms with E-state index in [0.717, 1.165) is 6.42 Å². The van der Waals surface area contributed by atoms with Crippen molar-refractivity contribution in [1.29, 1.82) is 0 Å². The molecule has 1 nitrogen and oxygen atoms in total. The molecule has 0 bridgehead atoms. The van der Waals surface area contributed by atoms with E-state index in [-0.39, 0.29) is 0 Å². The van der Waals surface area contributed by atoms with Crippen LogP contribution in [0.1, 0.15) is 23.7 Å². The minimum absolute atomic E-state index is 1.03. The van der Waals surface area contributed by atoms with Gasteiger partial charge in [-0.1, -0.05) is 6.92 Å². The molecule has 0 atom stereocenters. The molecule has 10 heavy (non-hydrogen) atoms. The molecule has 0 aromatic carbocycles. The maximum absolute atomic E-state index is 4.26. The fraction of sp³-hybridized carbons (Fsp3) is 0.444. The van der Waals surface area contributed by atoms with Crippen molar-refractivity contribution in [3.05, 3.63) is 29.1 Å². The van der Waals surface area contributed by atoms with E-state index in [2.05, 4.69) is 31.8 Å².